The first-order valence-electron chi connectivity index (χ1n) is 2.87. The summed E-state index contributed by atoms with van der Waals surface area (Å²) >= 11 is 0. The lowest BCUT2D eigenvalue weighted by molar-refractivity contribution is 0.399. The molecular formula is C7H8NO2. The molecule has 3 heteroatoms. The van der Waals surface area contributed by atoms with Crippen LogP contribution in [0.1, 0.15) is 5.56 Å². The van der Waals surface area contributed by atoms with Crippen LogP contribution >= 0.6 is 0 Å². The lowest BCUT2D eigenvalue weighted by atomic mass is 10.2. The fourth-order valence-corrected chi connectivity index (χ4v) is 0.685. The van der Waals surface area contributed by atoms with Crippen LogP contribution in [-0.2, 0) is 6.54 Å². The quantitative estimate of drug-likeness (QED) is 0.491. The van der Waals surface area contributed by atoms with Crippen LogP contribution in [0.2, 0.25) is 0 Å². The highest BCUT2D eigenvalue weighted by atomic mass is 16.3. The first-order valence-corrected chi connectivity index (χ1v) is 2.87. The van der Waals surface area contributed by atoms with Gasteiger partial charge in [-0.1, -0.05) is 6.07 Å². The van der Waals surface area contributed by atoms with Gasteiger partial charge in [-0.05, 0) is 6.07 Å². The molecule has 1 aromatic rings. The van der Waals surface area contributed by atoms with Crippen LogP contribution in [-0.4, -0.2) is 10.2 Å². The van der Waals surface area contributed by atoms with E-state index >= 15 is 0 Å². The number of benzene rings is 1. The van der Waals surface area contributed by atoms with Gasteiger partial charge in [-0.3, -0.25) is 0 Å². The topological polar surface area (TPSA) is 66.5 Å². The van der Waals surface area contributed by atoms with E-state index < -0.39 is 0 Å². The van der Waals surface area contributed by atoms with E-state index in [-0.39, 0.29) is 18.0 Å². The van der Waals surface area contributed by atoms with E-state index in [1.807, 2.05) is 0 Å². The molecule has 0 amide bonds. The number of phenols is 2. The van der Waals surface area contributed by atoms with E-state index in [2.05, 4.69) is 6.07 Å². The van der Waals surface area contributed by atoms with Crippen molar-refractivity contribution in [1.82, 2.24) is 0 Å². The minimum absolute atomic E-state index is 0.176. The van der Waals surface area contributed by atoms with Crippen molar-refractivity contribution < 1.29 is 10.2 Å². The lowest BCUT2D eigenvalue weighted by Gasteiger charge is -2.00. The van der Waals surface area contributed by atoms with Gasteiger partial charge in [-0.25, -0.2) is 0 Å². The minimum atomic E-state index is -0.247. The highest BCUT2D eigenvalue weighted by Gasteiger charge is 2.02. The third kappa shape index (κ3) is 1.04. The second-order valence-corrected chi connectivity index (χ2v) is 1.90. The Labute approximate surface area is 58.7 Å². The number of phenolic OH excluding ortho intramolecular Hbond substituents is 2. The molecule has 0 spiro atoms. The van der Waals surface area contributed by atoms with Gasteiger partial charge in [0, 0.05) is 18.2 Å². The lowest BCUT2D eigenvalue weighted by Crippen LogP contribution is -1.95. The molecule has 4 N–H and O–H groups in total. The number of rotatable bonds is 1. The van der Waals surface area contributed by atoms with Crippen molar-refractivity contribution in [1.29, 1.82) is 0 Å². The zero-order valence-electron chi connectivity index (χ0n) is 5.33. The summed E-state index contributed by atoms with van der Waals surface area (Å²) in [5.74, 6) is -0.423. The summed E-state index contributed by atoms with van der Waals surface area (Å²) in [6, 6.07) is 5.54. The molecule has 53 valence electrons. The van der Waals surface area contributed by atoms with Gasteiger partial charge in [-0.2, -0.15) is 0 Å². The third-order valence-corrected chi connectivity index (χ3v) is 1.25. The van der Waals surface area contributed by atoms with Gasteiger partial charge in [-0.15, -0.1) is 0 Å². The molecule has 0 aliphatic rings. The zero-order chi connectivity index (χ0) is 7.56. The molecule has 0 fully saturated rings. The maximum Gasteiger partial charge on any atom is 0.165 e. The second kappa shape index (κ2) is 2.58. The Balaban J connectivity index is 3.14. The SMILES string of the molecule is NCc1cc[c]c(O)c1O. The molecule has 0 aliphatic carbocycles. The van der Waals surface area contributed by atoms with E-state index in [4.69, 9.17) is 15.9 Å². The monoisotopic (exact) mass is 138 g/mol. The average Bonchev–Trinajstić information content (AvgIpc) is 1.95. The molecule has 0 unspecified atom stereocenters. The zero-order valence-corrected chi connectivity index (χ0v) is 5.33. The van der Waals surface area contributed by atoms with Crippen molar-refractivity contribution in [3.63, 3.8) is 0 Å². The molecule has 0 aliphatic heterocycles. The number of hydrogen-bond acceptors (Lipinski definition) is 3. The summed E-state index contributed by atoms with van der Waals surface area (Å²) in [5, 5.41) is 17.9. The molecule has 0 bridgehead atoms. The van der Waals surface area contributed by atoms with Crippen molar-refractivity contribution in [3.05, 3.63) is 23.8 Å². The van der Waals surface area contributed by atoms with E-state index in [1.165, 1.54) is 6.07 Å². The van der Waals surface area contributed by atoms with Crippen LogP contribution < -0.4 is 5.73 Å². The second-order valence-electron chi connectivity index (χ2n) is 1.90. The maximum atomic E-state index is 9.04. The van der Waals surface area contributed by atoms with Crippen molar-refractivity contribution >= 4 is 0 Å². The Kier molecular flexibility index (Phi) is 1.78. The van der Waals surface area contributed by atoms with Gasteiger partial charge in [0.2, 0.25) is 0 Å². The molecular weight excluding hydrogens is 130 g/mol. The number of hydrogen-bond donors (Lipinski definition) is 3. The molecule has 0 aromatic heterocycles. The molecule has 3 nitrogen and oxygen atoms in total. The molecule has 1 radical (unpaired) electrons. The van der Waals surface area contributed by atoms with Crippen LogP contribution in [0, 0.1) is 6.07 Å². The Morgan fingerprint density at radius 2 is 2.20 bits per heavy atom. The predicted molar refractivity (Wildman–Crippen MR) is 36.5 cm³/mol. The van der Waals surface area contributed by atoms with E-state index in [9.17, 15) is 0 Å². The van der Waals surface area contributed by atoms with Gasteiger partial charge < -0.3 is 15.9 Å². The Hall–Kier alpha value is -1.22. The first-order chi connectivity index (χ1) is 4.75. The Bertz CT molecular complexity index is 235. The minimum Gasteiger partial charge on any atom is -0.504 e. The van der Waals surface area contributed by atoms with Crippen LogP contribution in [0.4, 0.5) is 0 Å². The molecule has 1 rings (SSSR count). The van der Waals surface area contributed by atoms with Gasteiger partial charge >= 0.3 is 0 Å². The summed E-state index contributed by atoms with van der Waals surface area (Å²) in [5.41, 5.74) is 5.76. The van der Waals surface area contributed by atoms with Crippen LogP contribution in [0.3, 0.4) is 0 Å². The van der Waals surface area contributed by atoms with Gasteiger partial charge in [0.15, 0.2) is 11.5 Å². The molecule has 1 aromatic carbocycles. The van der Waals surface area contributed by atoms with Crippen molar-refractivity contribution in [2.45, 2.75) is 6.54 Å². The van der Waals surface area contributed by atoms with Crippen molar-refractivity contribution in [2.75, 3.05) is 0 Å². The third-order valence-electron chi connectivity index (χ3n) is 1.25. The Morgan fingerprint density at radius 3 is 2.70 bits per heavy atom. The molecule has 0 atom stereocenters. The van der Waals surface area contributed by atoms with Crippen molar-refractivity contribution in [3.8, 4) is 11.5 Å². The van der Waals surface area contributed by atoms with E-state index in [1.54, 1.807) is 6.07 Å². The smallest absolute Gasteiger partial charge is 0.165 e. The predicted octanol–water partition coefficient (Wildman–Crippen LogP) is 0.357. The maximum absolute atomic E-state index is 9.04. The first kappa shape index (κ1) is 6.89. The number of nitrogens with two attached hydrogens (primary N) is 1. The summed E-state index contributed by atoms with van der Waals surface area (Å²) in [4.78, 5) is 0. The highest BCUT2D eigenvalue weighted by Crippen LogP contribution is 2.26. The standard InChI is InChI=1S/C7H8NO2/c8-4-5-2-1-3-6(9)7(5)10/h1-2,9-10H,4,8H2. The summed E-state index contributed by atoms with van der Waals surface area (Å²) in [6.07, 6.45) is 0. The normalized spacial score (nSPS) is 9.70. The van der Waals surface area contributed by atoms with E-state index in [0.717, 1.165) is 0 Å². The van der Waals surface area contributed by atoms with Gasteiger partial charge in [0.05, 0.1) is 0 Å². The summed E-state index contributed by atoms with van der Waals surface area (Å²) in [7, 11) is 0. The fourth-order valence-electron chi connectivity index (χ4n) is 0.685. The Morgan fingerprint density at radius 1 is 1.50 bits per heavy atom. The largest absolute Gasteiger partial charge is 0.504 e. The van der Waals surface area contributed by atoms with Gasteiger partial charge in [0.1, 0.15) is 0 Å². The van der Waals surface area contributed by atoms with Crippen LogP contribution in [0.5, 0.6) is 11.5 Å². The molecule has 10 heavy (non-hydrogen) atoms. The molecule has 0 saturated carbocycles. The van der Waals surface area contributed by atoms with Crippen molar-refractivity contribution in [2.24, 2.45) is 5.73 Å². The van der Waals surface area contributed by atoms with Crippen LogP contribution in [0.15, 0.2) is 12.1 Å². The van der Waals surface area contributed by atoms with Gasteiger partial charge in [0.25, 0.3) is 0 Å². The average molecular weight is 138 g/mol. The number of aromatic hydroxyl groups is 2. The molecule has 0 saturated heterocycles. The highest BCUT2D eigenvalue weighted by molar-refractivity contribution is 5.43. The fraction of sp³-hybridized carbons (Fsp3) is 0.143. The van der Waals surface area contributed by atoms with Crippen LogP contribution in [0.25, 0.3) is 0 Å². The molecule has 0 heterocycles. The summed E-state index contributed by atoms with van der Waals surface area (Å²) < 4.78 is 0. The summed E-state index contributed by atoms with van der Waals surface area (Å²) in [6.45, 7) is 0.216. The van der Waals surface area contributed by atoms with E-state index in [0.29, 0.717) is 5.56 Å².